The van der Waals surface area contributed by atoms with Crippen LogP contribution in [-0.4, -0.2) is 29.1 Å². The number of rotatable bonds is 3. The fraction of sp³-hybridized carbons (Fsp3) is 0.188. The molecule has 144 valence electrons. The Bertz CT molecular complexity index is 833. The van der Waals surface area contributed by atoms with E-state index in [0.29, 0.717) is 20.8 Å². The van der Waals surface area contributed by atoms with Crippen molar-refractivity contribution in [1.29, 1.82) is 0 Å². The summed E-state index contributed by atoms with van der Waals surface area (Å²) in [6, 6.07) is 0. The fourth-order valence-electron chi connectivity index (χ4n) is 2.41. The summed E-state index contributed by atoms with van der Waals surface area (Å²) >= 11 is -5.70. The van der Waals surface area contributed by atoms with Gasteiger partial charge in [0.2, 0.25) is 0 Å². The summed E-state index contributed by atoms with van der Waals surface area (Å²) in [4.78, 5) is 11.3. The molecule has 27 heavy (non-hydrogen) atoms. The van der Waals surface area contributed by atoms with Gasteiger partial charge in [-0.05, 0) is 0 Å². The van der Waals surface area contributed by atoms with Crippen LogP contribution >= 0.6 is 0 Å². The van der Waals surface area contributed by atoms with Gasteiger partial charge in [-0.3, -0.25) is 0 Å². The van der Waals surface area contributed by atoms with Crippen molar-refractivity contribution in [2.24, 2.45) is 0 Å². The van der Waals surface area contributed by atoms with Gasteiger partial charge in [0.25, 0.3) is 0 Å². The Balaban J connectivity index is 2.96. The third-order valence-corrected chi connectivity index (χ3v) is 14.1. The Labute approximate surface area is 156 Å². The van der Waals surface area contributed by atoms with E-state index in [-0.39, 0.29) is 0 Å². The second-order valence-corrected chi connectivity index (χ2v) is 13.9. The van der Waals surface area contributed by atoms with E-state index >= 15 is 0 Å². The second-order valence-electron chi connectivity index (χ2n) is 5.58. The summed E-state index contributed by atoms with van der Waals surface area (Å²) in [5.74, 6) is -17.0. The maximum atomic E-state index is 14.3. The first-order valence-corrected chi connectivity index (χ1v) is 13.6. The molecule has 0 amide bonds. The van der Waals surface area contributed by atoms with Gasteiger partial charge in [0.05, 0.1) is 0 Å². The number of hydrogen-bond acceptors (Lipinski definition) is 2. The molecule has 0 aliphatic heterocycles. The molecule has 2 aromatic rings. The topological polar surface area (TPSA) is 26.3 Å². The molecule has 0 aromatic heterocycles. The Morgan fingerprint density at radius 3 is 1.11 bits per heavy atom. The monoisotopic (exact) mass is 590 g/mol. The molecule has 0 spiro atoms. The van der Waals surface area contributed by atoms with Crippen molar-refractivity contribution >= 4 is 35.4 Å². The normalized spacial score (nSPS) is 10.9. The molecule has 0 bridgehead atoms. The van der Waals surface area contributed by atoms with Gasteiger partial charge in [-0.2, -0.15) is 0 Å². The van der Waals surface area contributed by atoms with Gasteiger partial charge in [-0.1, -0.05) is 0 Å². The zero-order chi connectivity index (χ0) is 20.8. The van der Waals surface area contributed by atoms with Gasteiger partial charge in [-0.25, -0.2) is 0 Å². The molecule has 2 aromatic carbocycles. The van der Waals surface area contributed by atoms with Gasteiger partial charge in [0, 0.05) is 0 Å². The molecule has 0 fully saturated rings. The molecule has 2 rings (SSSR count). The number of hydrogen-bond donors (Lipinski definition) is 0. The molecular formula is C16H9F8O2Tl. The molecule has 11 heteroatoms. The van der Waals surface area contributed by atoms with E-state index in [9.17, 15) is 39.9 Å². The van der Waals surface area contributed by atoms with E-state index in [1.807, 2.05) is 0 Å². The van der Waals surface area contributed by atoms with Gasteiger partial charge in [-0.15, -0.1) is 0 Å². The molecule has 2 nitrogen and oxygen atoms in total. The van der Waals surface area contributed by atoms with Crippen LogP contribution < -0.4 is 6.25 Å². The zero-order valence-corrected chi connectivity index (χ0v) is 18.4. The third-order valence-electron chi connectivity index (χ3n) is 3.84. The molecule has 0 aliphatic carbocycles. The van der Waals surface area contributed by atoms with Gasteiger partial charge in [0.1, 0.15) is 0 Å². The van der Waals surface area contributed by atoms with Crippen molar-refractivity contribution in [1.82, 2.24) is 0 Å². The van der Waals surface area contributed by atoms with Crippen LogP contribution in [0.5, 0.6) is 0 Å². The van der Waals surface area contributed by atoms with Gasteiger partial charge >= 0.3 is 156 Å². The summed E-state index contributed by atoms with van der Waals surface area (Å²) in [5.41, 5.74) is -2.13. The van der Waals surface area contributed by atoms with Crippen molar-refractivity contribution in [3.63, 3.8) is 0 Å². The molecule has 0 saturated heterocycles. The quantitative estimate of drug-likeness (QED) is 0.313. The molecule has 0 atom stereocenters. The summed E-state index contributed by atoms with van der Waals surface area (Å²) in [6.45, 7) is 2.09. The van der Waals surface area contributed by atoms with Crippen LogP contribution in [0.2, 0.25) is 0 Å². The summed E-state index contributed by atoms with van der Waals surface area (Å²) < 4.78 is 114. The second kappa shape index (κ2) is 7.72. The molecule has 0 N–H and O–H groups in total. The van der Waals surface area contributed by atoms with Crippen LogP contribution in [0.15, 0.2) is 0 Å². The predicted octanol–water partition coefficient (Wildman–Crippen LogP) is 3.09. The Kier molecular flexibility index (Phi) is 6.17. The van der Waals surface area contributed by atoms with Crippen molar-refractivity contribution in [3.8, 4) is 0 Å². The molecule has 0 aliphatic rings. The van der Waals surface area contributed by atoms with Crippen LogP contribution in [0.3, 0.4) is 0 Å². The summed E-state index contributed by atoms with van der Waals surface area (Å²) in [6.07, 6.45) is 0. The SMILES string of the molecule is CC(=O)[O][Tl]([c]1c(F)c(F)c(C)c(F)c1F)[c]1c(F)c(F)c(C)c(F)c1F. The van der Waals surface area contributed by atoms with E-state index in [1.165, 1.54) is 0 Å². The first kappa shape index (κ1) is 21.6. The molecule has 0 unspecified atom stereocenters. The fourth-order valence-corrected chi connectivity index (χ4v) is 11.3. The summed E-state index contributed by atoms with van der Waals surface area (Å²) in [7, 11) is 0. The molecule has 0 saturated carbocycles. The van der Waals surface area contributed by atoms with E-state index in [4.69, 9.17) is 0 Å². The Hall–Kier alpha value is -1.73. The van der Waals surface area contributed by atoms with Crippen molar-refractivity contribution in [3.05, 3.63) is 57.7 Å². The molecule has 0 heterocycles. The Morgan fingerprint density at radius 1 is 0.630 bits per heavy atom. The number of halogens is 8. The average molecular weight is 590 g/mol. The van der Waals surface area contributed by atoms with E-state index in [1.54, 1.807) is 0 Å². The number of carbonyl (C=O) groups is 1. The van der Waals surface area contributed by atoms with Gasteiger partial charge in [0.15, 0.2) is 0 Å². The van der Waals surface area contributed by atoms with Crippen LogP contribution in [0.1, 0.15) is 18.1 Å². The third kappa shape index (κ3) is 3.55. The minimum absolute atomic E-state index is 0.695. The van der Waals surface area contributed by atoms with E-state index < -0.39 is 93.0 Å². The minimum atomic E-state index is -5.70. The van der Waals surface area contributed by atoms with Crippen molar-refractivity contribution < 1.29 is 42.6 Å². The van der Waals surface area contributed by atoms with Crippen molar-refractivity contribution in [2.45, 2.75) is 20.8 Å². The first-order chi connectivity index (χ1) is 12.4. The molecular weight excluding hydrogens is 581 g/mol. The van der Waals surface area contributed by atoms with Crippen molar-refractivity contribution in [2.75, 3.05) is 0 Å². The maximum absolute atomic E-state index is 14.3. The number of carbonyl (C=O) groups excluding carboxylic acids is 1. The average Bonchev–Trinajstić information content (AvgIpc) is 2.61. The van der Waals surface area contributed by atoms with Crippen LogP contribution in [0, 0.1) is 60.4 Å². The van der Waals surface area contributed by atoms with Crippen LogP contribution in [0.25, 0.3) is 0 Å². The predicted molar refractivity (Wildman–Crippen MR) is 78.8 cm³/mol. The number of benzene rings is 2. The standard InChI is InChI=1S/2C7H3F4.C2H4O2.Tl/c2*1-3-6(10)4(8)2-5(9)7(3)11;1-2(3)4;/h2*1H3;1H3,(H,3,4);/q;;;+1/p-1. The Morgan fingerprint density at radius 2 is 0.889 bits per heavy atom. The summed E-state index contributed by atoms with van der Waals surface area (Å²) in [5, 5.41) is 0. The first-order valence-electron chi connectivity index (χ1n) is 7.23. The molecule has 0 radical (unpaired) electrons. The van der Waals surface area contributed by atoms with Gasteiger partial charge < -0.3 is 0 Å². The van der Waals surface area contributed by atoms with E-state index in [2.05, 4.69) is 2.69 Å². The van der Waals surface area contributed by atoms with Crippen LogP contribution in [0.4, 0.5) is 35.1 Å². The van der Waals surface area contributed by atoms with E-state index in [0.717, 1.165) is 0 Å². The van der Waals surface area contributed by atoms with Crippen LogP contribution in [-0.2, 0) is 7.48 Å². The zero-order valence-electron chi connectivity index (χ0n) is 13.9.